The maximum absolute atomic E-state index is 12.2. The fraction of sp³-hybridized carbons (Fsp3) is 0. The molecule has 0 fully saturated rings. The summed E-state index contributed by atoms with van der Waals surface area (Å²) in [5, 5.41) is 14.0. The lowest BCUT2D eigenvalue weighted by atomic mass is 10.2. The summed E-state index contributed by atoms with van der Waals surface area (Å²) in [5.41, 5.74) is 2.47. The minimum Gasteiger partial charge on any atom is -0.321 e. The van der Waals surface area contributed by atoms with Gasteiger partial charge in [-0.2, -0.15) is 5.26 Å². The van der Waals surface area contributed by atoms with Gasteiger partial charge < -0.3 is 5.32 Å². The van der Waals surface area contributed by atoms with E-state index in [1.807, 2.05) is 18.2 Å². The molecule has 3 rings (SSSR count). The Kier molecular flexibility index (Phi) is 3.90. The van der Waals surface area contributed by atoms with Crippen LogP contribution >= 0.6 is 11.3 Å². The van der Waals surface area contributed by atoms with E-state index in [0.717, 1.165) is 10.6 Å². The standard InChI is InChI=1S/C16H10N4OS/c17-9-11-1-3-13(4-2-11)19-15(21)14-10-22-16(20-14)12-5-7-18-8-6-12/h1-8,10H,(H,19,21). The number of benzene rings is 1. The number of amides is 1. The fourth-order valence-electron chi connectivity index (χ4n) is 1.83. The highest BCUT2D eigenvalue weighted by Crippen LogP contribution is 2.23. The maximum Gasteiger partial charge on any atom is 0.275 e. The molecule has 0 saturated carbocycles. The molecule has 106 valence electrons. The topological polar surface area (TPSA) is 78.7 Å². The van der Waals surface area contributed by atoms with E-state index in [2.05, 4.69) is 15.3 Å². The van der Waals surface area contributed by atoms with Gasteiger partial charge in [-0.25, -0.2) is 4.98 Å². The number of aromatic nitrogens is 2. The average molecular weight is 306 g/mol. The van der Waals surface area contributed by atoms with Crippen molar-refractivity contribution >= 4 is 22.9 Å². The van der Waals surface area contributed by atoms with Crippen molar-refractivity contribution in [2.45, 2.75) is 0 Å². The van der Waals surface area contributed by atoms with Crippen LogP contribution in [0.1, 0.15) is 16.1 Å². The normalized spacial score (nSPS) is 9.95. The molecule has 0 radical (unpaired) electrons. The second kappa shape index (κ2) is 6.16. The number of hydrogen-bond donors (Lipinski definition) is 1. The molecule has 0 spiro atoms. The monoisotopic (exact) mass is 306 g/mol. The molecule has 0 aliphatic heterocycles. The van der Waals surface area contributed by atoms with Crippen molar-refractivity contribution in [3.05, 3.63) is 65.4 Å². The first-order valence-corrected chi connectivity index (χ1v) is 7.31. The summed E-state index contributed by atoms with van der Waals surface area (Å²) in [6.45, 7) is 0. The summed E-state index contributed by atoms with van der Waals surface area (Å²) < 4.78 is 0. The third-order valence-corrected chi connectivity index (χ3v) is 3.83. The summed E-state index contributed by atoms with van der Waals surface area (Å²) in [7, 11) is 0. The molecule has 0 saturated heterocycles. The quantitative estimate of drug-likeness (QED) is 0.805. The number of anilines is 1. The molecule has 1 amide bonds. The van der Waals surface area contributed by atoms with Crippen molar-refractivity contribution in [1.82, 2.24) is 9.97 Å². The van der Waals surface area contributed by atoms with E-state index in [0.29, 0.717) is 16.9 Å². The predicted octanol–water partition coefficient (Wildman–Crippen LogP) is 3.33. The lowest BCUT2D eigenvalue weighted by molar-refractivity contribution is 0.102. The van der Waals surface area contributed by atoms with Crippen molar-refractivity contribution in [3.63, 3.8) is 0 Å². The first-order chi connectivity index (χ1) is 10.8. The van der Waals surface area contributed by atoms with Gasteiger partial charge in [0, 0.05) is 29.0 Å². The first kappa shape index (κ1) is 13.9. The Morgan fingerprint density at radius 1 is 1.14 bits per heavy atom. The van der Waals surface area contributed by atoms with Crippen LogP contribution in [0.25, 0.3) is 10.6 Å². The number of nitrogens with zero attached hydrogens (tertiary/aromatic N) is 3. The van der Waals surface area contributed by atoms with E-state index in [-0.39, 0.29) is 5.91 Å². The Morgan fingerprint density at radius 3 is 2.55 bits per heavy atom. The molecule has 0 aliphatic carbocycles. The van der Waals surface area contributed by atoms with E-state index >= 15 is 0 Å². The summed E-state index contributed by atoms with van der Waals surface area (Å²) in [6.07, 6.45) is 3.38. The zero-order valence-electron chi connectivity index (χ0n) is 11.4. The Hall–Kier alpha value is -3.04. The number of carbonyl (C=O) groups excluding carboxylic acids is 1. The molecule has 0 bridgehead atoms. The van der Waals surface area contributed by atoms with Crippen molar-refractivity contribution < 1.29 is 4.79 Å². The average Bonchev–Trinajstić information content (AvgIpc) is 3.06. The summed E-state index contributed by atoms with van der Waals surface area (Å²) in [6, 6.07) is 12.4. The predicted molar refractivity (Wildman–Crippen MR) is 84.5 cm³/mol. The Morgan fingerprint density at radius 2 is 1.86 bits per heavy atom. The van der Waals surface area contributed by atoms with Crippen LogP contribution in [0.15, 0.2) is 54.2 Å². The minimum atomic E-state index is -0.277. The minimum absolute atomic E-state index is 0.277. The fourth-order valence-corrected chi connectivity index (χ4v) is 2.63. The maximum atomic E-state index is 12.2. The molecule has 0 aliphatic rings. The molecular formula is C16H10N4OS. The van der Waals surface area contributed by atoms with E-state index in [9.17, 15) is 4.79 Å². The van der Waals surface area contributed by atoms with Gasteiger partial charge in [0.15, 0.2) is 0 Å². The van der Waals surface area contributed by atoms with Gasteiger partial charge in [-0.05, 0) is 36.4 Å². The van der Waals surface area contributed by atoms with Crippen LogP contribution in [0, 0.1) is 11.3 Å². The lowest BCUT2D eigenvalue weighted by Crippen LogP contribution is -2.12. The van der Waals surface area contributed by atoms with Crippen LogP contribution in [0.4, 0.5) is 5.69 Å². The van der Waals surface area contributed by atoms with Gasteiger partial charge in [0.2, 0.25) is 0 Å². The molecule has 5 nitrogen and oxygen atoms in total. The smallest absolute Gasteiger partial charge is 0.275 e. The van der Waals surface area contributed by atoms with E-state index < -0.39 is 0 Å². The van der Waals surface area contributed by atoms with Crippen molar-refractivity contribution in [2.24, 2.45) is 0 Å². The highest BCUT2D eigenvalue weighted by atomic mass is 32.1. The second-order valence-corrected chi connectivity index (χ2v) is 5.28. The highest BCUT2D eigenvalue weighted by molar-refractivity contribution is 7.13. The molecule has 6 heteroatoms. The molecule has 1 aromatic carbocycles. The second-order valence-electron chi connectivity index (χ2n) is 4.42. The molecule has 0 unspecified atom stereocenters. The highest BCUT2D eigenvalue weighted by Gasteiger charge is 2.12. The summed E-state index contributed by atoms with van der Waals surface area (Å²) in [4.78, 5) is 20.5. The van der Waals surface area contributed by atoms with E-state index in [1.54, 1.807) is 42.0 Å². The summed E-state index contributed by atoms with van der Waals surface area (Å²) in [5.74, 6) is -0.277. The van der Waals surface area contributed by atoms with Crippen molar-refractivity contribution in [2.75, 3.05) is 5.32 Å². The molecular weight excluding hydrogens is 296 g/mol. The molecule has 2 heterocycles. The molecule has 22 heavy (non-hydrogen) atoms. The van der Waals surface area contributed by atoms with E-state index in [4.69, 9.17) is 5.26 Å². The number of thiazole rings is 1. The number of pyridine rings is 1. The van der Waals surface area contributed by atoms with Crippen molar-refractivity contribution in [1.29, 1.82) is 5.26 Å². The van der Waals surface area contributed by atoms with E-state index in [1.165, 1.54) is 11.3 Å². The molecule has 2 aromatic heterocycles. The van der Waals surface area contributed by atoms with Crippen LogP contribution in [-0.4, -0.2) is 15.9 Å². The number of nitriles is 1. The van der Waals surface area contributed by atoms with Crippen LogP contribution in [0.3, 0.4) is 0 Å². The lowest BCUT2D eigenvalue weighted by Gasteiger charge is -2.02. The Balaban J connectivity index is 1.75. The van der Waals surface area contributed by atoms with Crippen LogP contribution in [0.5, 0.6) is 0 Å². The van der Waals surface area contributed by atoms with Crippen LogP contribution in [0.2, 0.25) is 0 Å². The van der Waals surface area contributed by atoms with Gasteiger partial charge in [0.1, 0.15) is 10.7 Å². The van der Waals surface area contributed by atoms with Gasteiger partial charge in [0.25, 0.3) is 5.91 Å². The Labute approximate surface area is 130 Å². The van der Waals surface area contributed by atoms with Crippen molar-refractivity contribution in [3.8, 4) is 16.6 Å². The SMILES string of the molecule is N#Cc1ccc(NC(=O)c2csc(-c3ccncc3)n2)cc1. The van der Waals surface area contributed by atoms with Crippen LogP contribution < -0.4 is 5.32 Å². The van der Waals surface area contributed by atoms with Gasteiger partial charge in [-0.1, -0.05) is 0 Å². The third kappa shape index (κ3) is 3.00. The largest absolute Gasteiger partial charge is 0.321 e. The van der Waals surface area contributed by atoms with Gasteiger partial charge >= 0.3 is 0 Å². The van der Waals surface area contributed by atoms with Gasteiger partial charge in [-0.3, -0.25) is 9.78 Å². The molecule has 0 atom stereocenters. The van der Waals surface area contributed by atoms with Gasteiger partial charge in [-0.15, -0.1) is 11.3 Å². The van der Waals surface area contributed by atoms with Crippen LogP contribution in [-0.2, 0) is 0 Å². The number of nitrogens with one attached hydrogen (secondary N) is 1. The Bertz CT molecular complexity index is 835. The van der Waals surface area contributed by atoms with Gasteiger partial charge in [0.05, 0.1) is 11.6 Å². The zero-order valence-corrected chi connectivity index (χ0v) is 12.2. The molecule has 3 aromatic rings. The first-order valence-electron chi connectivity index (χ1n) is 6.44. The number of rotatable bonds is 3. The number of hydrogen-bond acceptors (Lipinski definition) is 5. The zero-order chi connectivity index (χ0) is 15.4. The number of carbonyl (C=O) groups is 1. The third-order valence-electron chi connectivity index (χ3n) is 2.94. The molecule has 1 N–H and O–H groups in total. The summed E-state index contributed by atoms with van der Waals surface area (Å²) >= 11 is 1.40.